The third-order valence-electron chi connectivity index (χ3n) is 6.75. The number of fused-ring (bicyclic) bond motifs is 2. The minimum absolute atomic E-state index is 0.0882. The average Bonchev–Trinajstić information content (AvgIpc) is 3.65. The third-order valence-corrected chi connectivity index (χ3v) is 7.83. The summed E-state index contributed by atoms with van der Waals surface area (Å²) in [5.74, 6) is 0.883. The molecule has 2 aromatic carbocycles. The van der Waals surface area contributed by atoms with Crippen LogP contribution >= 0.6 is 11.8 Å². The van der Waals surface area contributed by atoms with E-state index in [-0.39, 0.29) is 17.1 Å². The van der Waals surface area contributed by atoms with Gasteiger partial charge in [-0.15, -0.1) is 10.2 Å². The lowest BCUT2D eigenvalue weighted by Crippen LogP contribution is -2.19. The van der Waals surface area contributed by atoms with E-state index in [0.29, 0.717) is 6.54 Å². The highest BCUT2D eigenvalue weighted by atomic mass is 32.2. The SMILES string of the molecule is Cc1[nH]c2ccccc2c1C(=O)C(C)Sc1nnc(-c2c[nH]c3ccccc23)n1CC1CCCO1. The van der Waals surface area contributed by atoms with Crippen LogP contribution in [0.4, 0.5) is 0 Å². The van der Waals surface area contributed by atoms with Crippen LogP contribution in [0.1, 0.15) is 35.8 Å². The van der Waals surface area contributed by atoms with E-state index < -0.39 is 0 Å². The van der Waals surface area contributed by atoms with Crippen molar-refractivity contribution in [2.45, 2.75) is 49.7 Å². The van der Waals surface area contributed by atoms with Crippen LogP contribution in [0.2, 0.25) is 0 Å². The van der Waals surface area contributed by atoms with Crippen LogP contribution in [0.15, 0.2) is 59.9 Å². The first kappa shape index (κ1) is 22.1. The monoisotopic (exact) mass is 485 g/mol. The number of carbonyl (C=O) groups is 1. The number of H-pyrrole nitrogens is 2. The first-order valence-electron chi connectivity index (χ1n) is 12.0. The standard InChI is InChI=1S/C27H27N5O2S/c1-16-24(20-10-4-6-12-23(20)29-16)25(33)17(2)35-27-31-30-26(32(27)15-18-8-7-13-34-18)21-14-28-22-11-5-3-9-19(21)22/h3-6,9-12,14,17-18,28-29H,7-8,13,15H2,1-2H3. The second kappa shape index (κ2) is 9.02. The fourth-order valence-corrected chi connectivity index (χ4v) is 5.91. The number of aromatic nitrogens is 5. The normalized spacial score (nSPS) is 16.9. The molecule has 0 amide bonds. The predicted octanol–water partition coefficient (Wildman–Crippen LogP) is 5.76. The van der Waals surface area contributed by atoms with Gasteiger partial charge in [0.25, 0.3) is 0 Å². The van der Waals surface area contributed by atoms with E-state index in [1.54, 1.807) is 0 Å². The van der Waals surface area contributed by atoms with Crippen molar-refractivity contribution >= 4 is 39.4 Å². The number of carbonyl (C=O) groups excluding carboxylic acids is 1. The van der Waals surface area contributed by atoms with Crippen molar-refractivity contribution in [2.24, 2.45) is 0 Å². The Morgan fingerprint density at radius 2 is 1.91 bits per heavy atom. The van der Waals surface area contributed by atoms with Crippen molar-refractivity contribution in [3.63, 3.8) is 0 Å². The van der Waals surface area contributed by atoms with Gasteiger partial charge in [0.05, 0.1) is 17.9 Å². The molecule has 5 aromatic rings. The average molecular weight is 486 g/mol. The summed E-state index contributed by atoms with van der Waals surface area (Å²) >= 11 is 1.46. The second-order valence-electron chi connectivity index (χ2n) is 9.09. The molecule has 178 valence electrons. The van der Waals surface area contributed by atoms with Gasteiger partial charge in [0.1, 0.15) is 0 Å². The summed E-state index contributed by atoms with van der Waals surface area (Å²) in [5, 5.41) is 11.6. The van der Waals surface area contributed by atoms with Gasteiger partial charge in [-0.1, -0.05) is 48.2 Å². The lowest BCUT2D eigenvalue weighted by atomic mass is 10.1. The van der Waals surface area contributed by atoms with Crippen molar-refractivity contribution in [3.05, 3.63) is 66.0 Å². The number of nitrogens with zero attached hydrogens (tertiary/aromatic N) is 3. The number of ether oxygens (including phenoxy) is 1. The smallest absolute Gasteiger partial charge is 0.192 e. The summed E-state index contributed by atoms with van der Waals surface area (Å²) in [6.07, 6.45) is 4.18. The van der Waals surface area contributed by atoms with Crippen LogP contribution in [0.3, 0.4) is 0 Å². The molecule has 7 nitrogen and oxygen atoms in total. The van der Waals surface area contributed by atoms with Gasteiger partial charge in [0.15, 0.2) is 16.8 Å². The Bertz CT molecular complexity index is 1530. The molecule has 2 atom stereocenters. The van der Waals surface area contributed by atoms with E-state index in [9.17, 15) is 4.79 Å². The summed E-state index contributed by atoms with van der Waals surface area (Å²) in [4.78, 5) is 20.3. The number of nitrogens with one attached hydrogen (secondary N) is 2. The highest BCUT2D eigenvalue weighted by Crippen LogP contribution is 2.34. The Kier molecular flexibility index (Phi) is 5.70. The molecule has 35 heavy (non-hydrogen) atoms. The number of Topliss-reactive ketones (excluding diaryl/α,β-unsaturated/α-hetero) is 1. The van der Waals surface area contributed by atoms with E-state index in [1.807, 2.05) is 56.4 Å². The van der Waals surface area contributed by atoms with Crippen LogP contribution in [-0.2, 0) is 11.3 Å². The number of hydrogen-bond donors (Lipinski definition) is 2. The Morgan fingerprint density at radius 3 is 2.71 bits per heavy atom. The van der Waals surface area contributed by atoms with E-state index in [4.69, 9.17) is 4.74 Å². The van der Waals surface area contributed by atoms with Crippen molar-refractivity contribution in [1.29, 1.82) is 0 Å². The Balaban J connectivity index is 1.36. The molecule has 1 aliphatic rings. The van der Waals surface area contributed by atoms with Gasteiger partial charge in [-0.3, -0.25) is 9.36 Å². The van der Waals surface area contributed by atoms with Crippen molar-refractivity contribution in [3.8, 4) is 11.4 Å². The quantitative estimate of drug-likeness (QED) is 0.226. The molecule has 2 unspecified atom stereocenters. The molecule has 0 spiro atoms. The summed E-state index contributed by atoms with van der Waals surface area (Å²) in [6, 6.07) is 16.1. The topological polar surface area (TPSA) is 88.6 Å². The fraction of sp³-hybridized carbons (Fsp3) is 0.296. The third kappa shape index (κ3) is 3.96. The highest BCUT2D eigenvalue weighted by molar-refractivity contribution is 8.00. The summed E-state index contributed by atoms with van der Waals surface area (Å²) in [5.41, 5.74) is 4.69. The maximum Gasteiger partial charge on any atom is 0.192 e. The number of ketones is 1. The van der Waals surface area contributed by atoms with E-state index in [0.717, 1.165) is 69.1 Å². The molecule has 1 aliphatic heterocycles. The predicted molar refractivity (Wildman–Crippen MR) is 139 cm³/mol. The first-order chi connectivity index (χ1) is 17.1. The van der Waals surface area contributed by atoms with Gasteiger partial charge in [0.2, 0.25) is 0 Å². The zero-order valence-corrected chi connectivity index (χ0v) is 20.6. The lowest BCUT2D eigenvalue weighted by molar-refractivity contribution is 0.0953. The largest absolute Gasteiger partial charge is 0.376 e. The molecule has 1 saturated heterocycles. The summed E-state index contributed by atoms with van der Waals surface area (Å²) < 4.78 is 8.08. The zero-order valence-electron chi connectivity index (χ0n) is 19.7. The number of aromatic amines is 2. The molecule has 4 heterocycles. The lowest BCUT2D eigenvalue weighted by Gasteiger charge is -2.16. The maximum atomic E-state index is 13.6. The Morgan fingerprint density at radius 1 is 1.14 bits per heavy atom. The van der Waals surface area contributed by atoms with Gasteiger partial charge in [-0.2, -0.15) is 0 Å². The molecule has 1 fully saturated rings. The van der Waals surface area contributed by atoms with E-state index in [1.165, 1.54) is 11.8 Å². The zero-order chi connectivity index (χ0) is 23.9. The first-order valence-corrected chi connectivity index (χ1v) is 12.9. The van der Waals surface area contributed by atoms with Gasteiger partial charge in [0, 0.05) is 51.4 Å². The van der Waals surface area contributed by atoms with Gasteiger partial charge in [-0.05, 0) is 38.8 Å². The molecule has 0 aliphatic carbocycles. The molecule has 3 aromatic heterocycles. The highest BCUT2D eigenvalue weighted by Gasteiger charge is 2.27. The number of para-hydroxylation sites is 2. The van der Waals surface area contributed by atoms with E-state index in [2.05, 4.69) is 36.9 Å². The number of hydrogen-bond acceptors (Lipinski definition) is 5. The minimum Gasteiger partial charge on any atom is -0.376 e. The second-order valence-corrected chi connectivity index (χ2v) is 10.4. The maximum absolute atomic E-state index is 13.6. The van der Waals surface area contributed by atoms with Crippen molar-refractivity contribution < 1.29 is 9.53 Å². The molecular formula is C27H27N5O2S. The number of benzene rings is 2. The molecule has 0 bridgehead atoms. The number of rotatable bonds is 7. The molecule has 2 N–H and O–H groups in total. The number of aryl methyl sites for hydroxylation is 1. The van der Waals surface area contributed by atoms with Gasteiger partial charge < -0.3 is 14.7 Å². The fourth-order valence-electron chi connectivity index (χ4n) is 5.00. The summed E-state index contributed by atoms with van der Waals surface area (Å²) in [7, 11) is 0. The van der Waals surface area contributed by atoms with Crippen LogP contribution < -0.4 is 0 Å². The Labute approximate surface area is 207 Å². The molecule has 8 heteroatoms. The molecule has 0 saturated carbocycles. The number of thioether (sulfide) groups is 1. The van der Waals surface area contributed by atoms with Crippen LogP contribution in [0.25, 0.3) is 33.2 Å². The molecule has 0 radical (unpaired) electrons. The van der Waals surface area contributed by atoms with Gasteiger partial charge in [-0.25, -0.2) is 0 Å². The Hall–Kier alpha value is -3.36. The van der Waals surface area contributed by atoms with Crippen molar-refractivity contribution in [1.82, 2.24) is 24.7 Å². The van der Waals surface area contributed by atoms with Crippen molar-refractivity contribution in [2.75, 3.05) is 6.61 Å². The van der Waals surface area contributed by atoms with E-state index >= 15 is 0 Å². The van der Waals surface area contributed by atoms with Crippen LogP contribution in [-0.4, -0.2) is 48.5 Å². The molecule has 6 rings (SSSR count). The summed E-state index contributed by atoms with van der Waals surface area (Å²) in [6.45, 7) is 5.36. The van der Waals surface area contributed by atoms with Gasteiger partial charge >= 0.3 is 0 Å². The molecular weight excluding hydrogens is 458 g/mol. The van der Waals surface area contributed by atoms with Crippen LogP contribution in [0, 0.1) is 6.92 Å². The minimum atomic E-state index is -0.323. The van der Waals surface area contributed by atoms with Crippen LogP contribution in [0.5, 0.6) is 0 Å².